The molecule has 1 saturated heterocycles. The molecule has 0 spiro atoms. The highest BCUT2D eigenvalue weighted by molar-refractivity contribution is 7.79. The van der Waals surface area contributed by atoms with E-state index in [-0.39, 0.29) is 12.2 Å². The Balaban J connectivity index is 0.000000330. The summed E-state index contributed by atoms with van der Waals surface area (Å²) in [4.78, 5) is 13.5. The molecule has 0 saturated carbocycles. The lowest BCUT2D eigenvalue weighted by molar-refractivity contribution is -0.145. The molecule has 0 bridgehead atoms. The molecule has 2 atom stereocenters. The first kappa shape index (κ1) is 24.8. The first-order valence-electron chi connectivity index (χ1n) is 9.21. The maximum absolute atomic E-state index is 11.4. The summed E-state index contributed by atoms with van der Waals surface area (Å²) in [6.45, 7) is 1.59. The number of carboxylic acids is 1. The minimum absolute atomic E-state index is 0.0287. The number of aliphatic carboxylic acids is 1. The summed E-state index contributed by atoms with van der Waals surface area (Å²) in [5.74, 6) is -0.980. The second-order valence-corrected chi connectivity index (χ2v) is 7.76. The van der Waals surface area contributed by atoms with E-state index in [4.69, 9.17) is 27.4 Å². The van der Waals surface area contributed by atoms with Crippen molar-refractivity contribution < 1.29 is 19.9 Å². The van der Waals surface area contributed by atoms with E-state index in [0.717, 1.165) is 23.7 Å². The number of halogens is 1. The number of hydrogen-bond acceptors (Lipinski definition) is 6. The fourth-order valence-corrected chi connectivity index (χ4v) is 3.46. The predicted octanol–water partition coefficient (Wildman–Crippen LogP) is 2.07. The Morgan fingerprint density at radius 2 is 2.07 bits per heavy atom. The van der Waals surface area contributed by atoms with E-state index in [9.17, 15) is 9.90 Å². The number of likely N-dealkylation sites (tertiary alicyclic amines) is 1. The number of anilines is 1. The van der Waals surface area contributed by atoms with Crippen LogP contribution in [0, 0.1) is 5.92 Å². The van der Waals surface area contributed by atoms with Gasteiger partial charge < -0.3 is 31.1 Å². The quantitative estimate of drug-likeness (QED) is 0.230. The highest BCUT2D eigenvalue weighted by Crippen LogP contribution is 2.30. The van der Waals surface area contributed by atoms with Gasteiger partial charge in [0.15, 0.2) is 0 Å². The van der Waals surface area contributed by atoms with Crippen molar-refractivity contribution in [2.45, 2.75) is 37.5 Å². The second kappa shape index (κ2) is 12.4. The topological polar surface area (TPSA) is 119 Å². The zero-order valence-corrected chi connectivity index (χ0v) is 17.6. The van der Waals surface area contributed by atoms with Crippen LogP contribution in [0.2, 0.25) is 11.3 Å². The molecule has 1 heterocycles. The zero-order chi connectivity index (χ0) is 21.2. The van der Waals surface area contributed by atoms with Crippen LogP contribution in [0.4, 0.5) is 5.69 Å². The largest absolute Gasteiger partial charge is 0.480 e. The molecule has 0 amide bonds. The summed E-state index contributed by atoms with van der Waals surface area (Å²) in [6, 6.07) is 7.35. The van der Waals surface area contributed by atoms with E-state index in [0.29, 0.717) is 25.8 Å². The Morgan fingerprint density at radius 1 is 1.43 bits per heavy atom. The average Bonchev–Trinajstić information content (AvgIpc) is 3.08. The summed E-state index contributed by atoms with van der Waals surface area (Å²) in [6.07, 6.45) is 2.63. The summed E-state index contributed by atoms with van der Waals surface area (Å²) in [5.41, 5.74) is 7.30. The average molecular weight is 430 g/mol. The smallest absolute Gasteiger partial charge is 0.451 e. The monoisotopic (exact) mass is 429 g/mol. The van der Waals surface area contributed by atoms with Crippen molar-refractivity contribution in [3.8, 4) is 0 Å². The van der Waals surface area contributed by atoms with Gasteiger partial charge in [0.1, 0.15) is 5.54 Å². The minimum atomic E-state index is -1.32. The van der Waals surface area contributed by atoms with Crippen molar-refractivity contribution in [1.29, 1.82) is 0 Å². The van der Waals surface area contributed by atoms with Crippen LogP contribution in [-0.4, -0.2) is 64.3 Å². The van der Waals surface area contributed by atoms with Gasteiger partial charge in [0.05, 0.1) is 5.49 Å². The normalized spacial score (nSPS) is 18.5. The third-order valence-electron chi connectivity index (χ3n) is 4.89. The highest BCUT2D eigenvalue weighted by atomic mass is 35.5. The van der Waals surface area contributed by atoms with Crippen LogP contribution in [-0.2, 0) is 4.79 Å². The van der Waals surface area contributed by atoms with Crippen LogP contribution in [0.25, 0.3) is 0 Å². The van der Waals surface area contributed by atoms with Gasteiger partial charge in [-0.05, 0) is 57.0 Å². The summed E-state index contributed by atoms with van der Waals surface area (Å²) in [7, 11) is 0.643. The van der Waals surface area contributed by atoms with E-state index in [1.807, 2.05) is 31.3 Å². The Bertz CT molecular complexity index is 623. The Labute approximate surface area is 177 Å². The lowest BCUT2D eigenvalue weighted by Crippen LogP contribution is -2.54. The molecule has 1 aliphatic heterocycles. The van der Waals surface area contributed by atoms with Crippen LogP contribution in [0.3, 0.4) is 0 Å². The van der Waals surface area contributed by atoms with Gasteiger partial charge in [0.2, 0.25) is 0 Å². The maximum Gasteiger partial charge on any atom is 0.451 e. The number of carbonyl (C=O) groups is 1. The summed E-state index contributed by atoms with van der Waals surface area (Å²) < 4.78 is 0. The van der Waals surface area contributed by atoms with E-state index in [1.54, 1.807) is 0 Å². The molecule has 7 nitrogen and oxygen atoms in total. The molecule has 1 aliphatic rings. The van der Waals surface area contributed by atoms with Crippen molar-refractivity contribution in [2.75, 3.05) is 25.5 Å². The van der Waals surface area contributed by atoms with E-state index in [2.05, 4.69) is 22.4 Å². The van der Waals surface area contributed by atoms with Crippen molar-refractivity contribution in [3.63, 3.8) is 0 Å². The molecule has 28 heavy (non-hydrogen) atoms. The first-order valence-corrected chi connectivity index (χ1v) is 10.1. The molecule has 0 aliphatic carbocycles. The molecule has 6 N–H and O–H groups in total. The second-order valence-electron chi connectivity index (χ2n) is 7.09. The highest BCUT2D eigenvalue weighted by Gasteiger charge is 2.44. The number of hydrogen-bond donors (Lipinski definition) is 5. The van der Waals surface area contributed by atoms with Crippen LogP contribution < -0.4 is 11.1 Å². The third kappa shape index (κ3) is 8.42. The molecular formula is C18H29BClN3O4S. The molecule has 1 aromatic carbocycles. The van der Waals surface area contributed by atoms with Gasteiger partial charge >= 0.3 is 13.1 Å². The number of nitrogens with zero attached hydrogens (tertiary/aromatic N) is 1. The van der Waals surface area contributed by atoms with Gasteiger partial charge in [-0.25, -0.2) is 0 Å². The SMILES string of the molecule is CN1CCC(C(N)(CCCCB(O)O)C(=O)O)C1.S=CNc1ccc(Cl)cc1. The third-order valence-corrected chi connectivity index (χ3v) is 5.26. The summed E-state index contributed by atoms with van der Waals surface area (Å²) in [5, 5.41) is 30.4. The number of carboxylic acid groups (broad SMARTS) is 1. The number of nitrogens with one attached hydrogen (secondary N) is 1. The molecule has 156 valence electrons. The predicted molar refractivity (Wildman–Crippen MR) is 118 cm³/mol. The molecular weight excluding hydrogens is 401 g/mol. The van der Waals surface area contributed by atoms with Gasteiger partial charge in [-0.2, -0.15) is 0 Å². The molecule has 10 heteroatoms. The number of benzene rings is 1. The van der Waals surface area contributed by atoms with Gasteiger partial charge in [-0.3, -0.25) is 4.79 Å². The Morgan fingerprint density at radius 3 is 2.54 bits per heavy atom. The van der Waals surface area contributed by atoms with E-state index in [1.165, 1.54) is 5.49 Å². The zero-order valence-electron chi connectivity index (χ0n) is 16.1. The maximum atomic E-state index is 11.4. The molecule has 2 rings (SSSR count). The van der Waals surface area contributed by atoms with E-state index >= 15 is 0 Å². The van der Waals surface area contributed by atoms with Gasteiger partial charge in [-0.15, -0.1) is 0 Å². The molecule has 1 fully saturated rings. The van der Waals surface area contributed by atoms with Gasteiger partial charge in [-0.1, -0.05) is 36.7 Å². The van der Waals surface area contributed by atoms with Crippen LogP contribution >= 0.6 is 23.8 Å². The van der Waals surface area contributed by atoms with Crippen LogP contribution in [0.15, 0.2) is 24.3 Å². The Hall–Kier alpha value is -1.23. The molecule has 1 aromatic rings. The Kier molecular flexibility index (Phi) is 11.0. The lowest BCUT2D eigenvalue weighted by atomic mass is 9.77. The van der Waals surface area contributed by atoms with Crippen molar-refractivity contribution in [2.24, 2.45) is 11.7 Å². The van der Waals surface area contributed by atoms with Crippen LogP contribution in [0.1, 0.15) is 25.7 Å². The number of unbranched alkanes of at least 4 members (excludes halogenated alkanes) is 1. The standard InChI is InChI=1S/C11H23BN2O4.C7H6ClNS/c1-14-7-4-9(8-14)11(13,10(15)16)5-2-3-6-12(17)18;8-6-1-3-7(4-2-6)9-5-10/h9,17-18H,2-8,13H2,1H3,(H,15,16);1-5H,(H,9,10). The van der Waals surface area contributed by atoms with Crippen molar-refractivity contribution in [3.05, 3.63) is 29.3 Å². The first-order chi connectivity index (χ1) is 13.2. The van der Waals surface area contributed by atoms with E-state index < -0.39 is 18.6 Å². The molecule has 0 radical (unpaired) electrons. The van der Waals surface area contributed by atoms with Crippen molar-refractivity contribution >= 4 is 48.1 Å². The van der Waals surface area contributed by atoms with Gasteiger partial charge in [0, 0.05) is 23.2 Å². The molecule has 0 aromatic heterocycles. The number of thiocarbonyl (C=S) groups is 1. The minimum Gasteiger partial charge on any atom is -0.480 e. The van der Waals surface area contributed by atoms with Crippen LogP contribution in [0.5, 0.6) is 0 Å². The lowest BCUT2D eigenvalue weighted by Gasteiger charge is -2.31. The van der Waals surface area contributed by atoms with Crippen molar-refractivity contribution in [1.82, 2.24) is 4.90 Å². The molecule has 2 unspecified atom stereocenters. The fourth-order valence-electron chi connectivity index (χ4n) is 3.20. The number of nitrogens with two attached hydrogens (primary N) is 1. The fraction of sp³-hybridized carbons (Fsp3) is 0.556. The van der Waals surface area contributed by atoms with Gasteiger partial charge in [0.25, 0.3) is 0 Å². The number of rotatable bonds is 9. The summed E-state index contributed by atoms with van der Waals surface area (Å²) >= 11 is 10.2.